The normalized spacial score (nSPS) is 26.4. The molecule has 2 saturated heterocycles. The molecule has 1 aromatic rings. The fourth-order valence-corrected chi connectivity index (χ4v) is 4.48. The second kappa shape index (κ2) is 9.21. The van der Waals surface area contributed by atoms with Crippen LogP contribution < -0.4 is 16.0 Å². The average Bonchev–Trinajstić information content (AvgIpc) is 3.50. The summed E-state index contributed by atoms with van der Waals surface area (Å²) in [4.78, 5) is 46.2. The van der Waals surface area contributed by atoms with Crippen LogP contribution in [-0.2, 0) is 16.1 Å². The van der Waals surface area contributed by atoms with Crippen LogP contribution in [0.3, 0.4) is 0 Å². The highest BCUT2D eigenvalue weighted by Gasteiger charge is 2.44. The van der Waals surface area contributed by atoms with Crippen LogP contribution in [0.25, 0.3) is 0 Å². The molecule has 168 valence electrons. The van der Waals surface area contributed by atoms with Gasteiger partial charge in [0.15, 0.2) is 0 Å². The zero-order valence-corrected chi connectivity index (χ0v) is 18.2. The molecule has 0 bridgehead atoms. The second-order valence-corrected chi connectivity index (χ2v) is 9.24. The molecule has 0 radical (unpaired) electrons. The summed E-state index contributed by atoms with van der Waals surface area (Å²) in [5.41, 5.74) is 1.07. The minimum atomic E-state index is -0.571. The van der Waals surface area contributed by atoms with Crippen molar-refractivity contribution in [2.75, 3.05) is 19.6 Å². The van der Waals surface area contributed by atoms with Crippen LogP contribution in [0.15, 0.2) is 24.5 Å². The maximum atomic E-state index is 13.4. The van der Waals surface area contributed by atoms with Crippen LogP contribution in [0.1, 0.15) is 38.7 Å². The Labute approximate surface area is 182 Å². The van der Waals surface area contributed by atoms with Crippen LogP contribution in [0.4, 0.5) is 4.79 Å². The third-order valence-corrected chi connectivity index (χ3v) is 6.05. The highest BCUT2D eigenvalue weighted by atomic mass is 16.2. The van der Waals surface area contributed by atoms with Gasteiger partial charge in [-0.3, -0.25) is 19.5 Å². The van der Waals surface area contributed by atoms with Gasteiger partial charge >= 0.3 is 6.03 Å². The van der Waals surface area contributed by atoms with Crippen molar-refractivity contribution >= 4 is 17.8 Å². The van der Waals surface area contributed by atoms with Gasteiger partial charge < -0.3 is 20.9 Å². The predicted octanol–water partition coefficient (Wildman–Crippen LogP) is 0.469. The topological polar surface area (TPSA) is 107 Å². The summed E-state index contributed by atoms with van der Waals surface area (Å²) in [6, 6.07) is 3.08. The largest absolute Gasteiger partial charge is 0.343 e. The smallest absolute Gasteiger partial charge is 0.315 e. The van der Waals surface area contributed by atoms with Crippen LogP contribution >= 0.6 is 0 Å². The highest BCUT2D eigenvalue weighted by molar-refractivity contribution is 5.90. The molecule has 9 heteroatoms. The fourth-order valence-electron chi connectivity index (χ4n) is 4.48. The lowest BCUT2D eigenvalue weighted by Gasteiger charge is -2.25. The number of fused-ring (bicyclic) bond motifs is 1. The Morgan fingerprint density at radius 2 is 2.00 bits per heavy atom. The van der Waals surface area contributed by atoms with Gasteiger partial charge in [0, 0.05) is 56.6 Å². The Bertz CT molecular complexity index is 813. The molecule has 3 atom stereocenters. The van der Waals surface area contributed by atoms with Gasteiger partial charge in [-0.2, -0.15) is 0 Å². The van der Waals surface area contributed by atoms with Gasteiger partial charge in [0.2, 0.25) is 11.8 Å². The molecular weight excluding hydrogens is 396 g/mol. The van der Waals surface area contributed by atoms with E-state index < -0.39 is 6.04 Å². The first-order chi connectivity index (χ1) is 14.9. The Hall–Kier alpha value is -2.68. The lowest BCUT2D eigenvalue weighted by atomic mass is 10.1. The molecule has 3 aliphatic rings. The van der Waals surface area contributed by atoms with Crippen LogP contribution in [0.5, 0.6) is 0 Å². The first kappa shape index (κ1) is 21.5. The number of carbonyl (C=O) groups is 3. The number of nitrogens with one attached hydrogen (secondary N) is 3. The first-order valence-electron chi connectivity index (χ1n) is 11.2. The summed E-state index contributed by atoms with van der Waals surface area (Å²) in [7, 11) is 0. The number of aromatic nitrogens is 1. The predicted molar refractivity (Wildman–Crippen MR) is 115 cm³/mol. The summed E-state index contributed by atoms with van der Waals surface area (Å²) in [6.45, 7) is 6.12. The van der Waals surface area contributed by atoms with Crippen molar-refractivity contribution in [3.63, 3.8) is 0 Å². The molecule has 31 heavy (non-hydrogen) atoms. The molecule has 3 N–H and O–H groups in total. The van der Waals surface area contributed by atoms with E-state index in [-0.39, 0.29) is 41.9 Å². The molecule has 0 aromatic carbocycles. The minimum absolute atomic E-state index is 0.00338. The third kappa shape index (κ3) is 5.52. The van der Waals surface area contributed by atoms with E-state index in [4.69, 9.17) is 0 Å². The van der Waals surface area contributed by atoms with Crippen molar-refractivity contribution in [1.82, 2.24) is 30.7 Å². The van der Waals surface area contributed by atoms with Gasteiger partial charge in [0.05, 0.1) is 6.04 Å². The fraction of sp³-hybridized carbons (Fsp3) is 0.636. The van der Waals surface area contributed by atoms with Crippen molar-refractivity contribution in [3.05, 3.63) is 30.1 Å². The van der Waals surface area contributed by atoms with E-state index in [1.807, 2.05) is 37.1 Å². The van der Waals surface area contributed by atoms with Gasteiger partial charge in [-0.1, -0.05) is 6.07 Å². The van der Waals surface area contributed by atoms with Crippen LogP contribution in [-0.4, -0.2) is 76.4 Å². The van der Waals surface area contributed by atoms with E-state index in [1.165, 1.54) is 0 Å². The van der Waals surface area contributed by atoms with Gasteiger partial charge in [-0.15, -0.1) is 0 Å². The Balaban J connectivity index is 1.47. The van der Waals surface area contributed by atoms with E-state index in [0.29, 0.717) is 32.6 Å². The molecule has 2 aliphatic heterocycles. The molecule has 0 spiro atoms. The molecule has 1 aromatic heterocycles. The number of amides is 4. The standard InChI is InChI=1S/C22H32N6O3/c1-14(2)24-22(31)25-17-8-18-12-27(10-15-4-3-7-23-9-15)13-19(21(30)28(18)11-17)26-20(29)16-5-6-16/h3-4,7,9,14,16-19H,5-6,8,10-13H2,1-2H3,(H,26,29)(H2,24,25,31)/t17-,18-,19-/m0/s1. The SMILES string of the molecule is CC(C)NC(=O)N[C@H]1C[C@H]2CN(Cc3cccnc3)C[C@H](NC(=O)C3CC3)C(=O)N2C1. The summed E-state index contributed by atoms with van der Waals surface area (Å²) in [5, 5.41) is 8.83. The lowest BCUT2D eigenvalue weighted by molar-refractivity contribution is -0.136. The number of hydrogen-bond donors (Lipinski definition) is 3. The van der Waals surface area contributed by atoms with E-state index in [1.54, 1.807) is 6.20 Å². The summed E-state index contributed by atoms with van der Waals surface area (Å²) >= 11 is 0. The second-order valence-electron chi connectivity index (χ2n) is 9.24. The third-order valence-electron chi connectivity index (χ3n) is 6.05. The Kier molecular flexibility index (Phi) is 6.41. The zero-order valence-electron chi connectivity index (χ0n) is 18.2. The van der Waals surface area contributed by atoms with Crippen molar-refractivity contribution in [1.29, 1.82) is 0 Å². The van der Waals surface area contributed by atoms with Crippen molar-refractivity contribution in [3.8, 4) is 0 Å². The zero-order chi connectivity index (χ0) is 22.0. The monoisotopic (exact) mass is 428 g/mol. The minimum Gasteiger partial charge on any atom is -0.343 e. The molecule has 1 aliphatic carbocycles. The number of carbonyl (C=O) groups excluding carboxylic acids is 3. The molecular formula is C22H32N6O3. The van der Waals surface area contributed by atoms with Crippen molar-refractivity contribution in [2.45, 2.75) is 63.8 Å². The Morgan fingerprint density at radius 3 is 2.68 bits per heavy atom. The number of rotatable bonds is 6. The maximum absolute atomic E-state index is 13.4. The van der Waals surface area contributed by atoms with Crippen LogP contribution in [0, 0.1) is 5.92 Å². The van der Waals surface area contributed by atoms with E-state index >= 15 is 0 Å². The van der Waals surface area contributed by atoms with E-state index in [0.717, 1.165) is 18.4 Å². The number of pyridine rings is 1. The maximum Gasteiger partial charge on any atom is 0.315 e. The van der Waals surface area contributed by atoms with Gasteiger partial charge in [-0.05, 0) is 44.7 Å². The lowest BCUT2D eigenvalue weighted by Crippen LogP contribution is -2.52. The molecule has 0 unspecified atom stereocenters. The number of urea groups is 1. The number of nitrogens with zero attached hydrogens (tertiary/aromatic N) is 3. The van der Waals surface area contributed by atoms with E-state index in [9.17, 15) is 14.4 Å². The molecule has 1 saturated carbocycles. The molecule has 4 amide bonds. The van der Waals surface area contributed by atoms with Crippen molar-refractivity contribution < 1.29 is 14.4 Å². The first-order valence-corrected chi connectivity index (χ1v) is 11.2. The molecule has 9 nitrogen and oxygen atoms in total. The summed E-state index contributed by atoms with van der Waals surface area (Å²) in [6.07, 6.45) is 6.07. The summed E-state index contributed by atoms with van der Waals surface area (Å²) in [5.74, 6) is -0.0316. The summed E-state index contributed by atoms with van der Waals surface area (Å²) < 4.78 is 0. The van der Waals surface area contributed by atoms with Gasteiger partial charge in [0.25, 0.3) is 0 Å². The Morgan fingerprint density at radius 1 is 1.19 bits per heavy atom. The average molecular weight is 429 g/mol. The van der Waals surface area contributed by atoms with Crippen LogP contribution in [0.2, 0.25) is 0 Å². The molecule has 3 heterocycles. The number of hydrogen-bond acceptors (Lipinski definition) is 5. The quantitative estimate of drug-likeness (QED) is 0.611. The van der Waals surface area contributed by atoms with Crippen molar-refractivity contribution in [2.24, 2.45) is 5.92 Å². The van der Waals surface area contributed by atoms with Gasteiger partial charge in [-0.25, -0.2) is 4.79 Å². The van der Waals surface area contributed by atoms with E-state index in [2.05, 4.69) is 25.8 Å². The highest BCUT2D eigenvalue weighted by Crippen LogP contribution is 2.30. The van der Waals surface area contributed by atoms with Gasteiger partial charge in [0.1, 0.15) is 6.04 Å². The molecule has 4 rings (SSSR count). The molecule has 3 fully saturated rings.